The number of sulfonamides is 1. The van der Waals surface area contributed by atoms with E-state index in [-0.39, 0.29) is 10.7 Å². The number of nitrogens with zero attached hydrogens (tertiary/aromatic N) is 1. The summed E-state index contributed by atoms with van der Waals surface area (Å²) in [7, 11) is -3.69. The fourth-order valence-corrected chi connectivity index (χ4v) is 3.37. The van der Waals surface area contributed by atoms with Gasteiger partial charge in [0, 0.05) is 16.8 Å². The van der Waals surface area contributed by atoms with Gasteiger partial charge in [-0.25, -0.2) is 8.42 Å². The topological polar surface area (TPSA) is 74.8 Å². The molecule has 20 heavy (non-hydrogen) atoms. The lowest BCUT2D eigenvalue weighted by Crippen LogP contribution is -2.14. The van der Waals surface area contributed by atoms with Crippen LogP contribution in [-0.4, -0.2) is 18.6 Å². The Morgan fingerprint density at radius 1 is 1.40 bits per heavy atom. The Labute approximate surface area is 123 Å². The fourth-order valence-electron chi connectivity index (χ4n) is 1.88. The molecule has 0 atom stereocenters. The number of anilines is 1. The van der Waals surface area contributed by atoms with Gasteiger partial charge in [-0.3, -0.25) is 9.82 Å². The van der Waals surface area contributed by atoms with Gasteiger partial charge in [-0.2, -0.15) is 5.10 Å². The van der Waals surface area contributed by atoms with E-state index in [9.17, 15) is 8.42 Å². The number of halogens is 1. The molecule has 0 spiro atoms. The Hall–Kier alpha value is -1.53. The first-order valence-corrected chi connectivity index (χ1v) is 8.12. The SMILES string of the molecule is CCCc1cc(NS(=O)(=O)c2cccc(Cl)c2C)n[nH]1. The number of aromatic amines is 1. The molecule has 0 radical (unpaired) electrons. The van der Waals surface area contributed by atoms with Gasteiger partial charge in [0.2, 0.25) is 0 Å². The van der Waals surface area contributed by atoms with E-state index in [0.717, 1.165) is 18.5 Å². The first kappa shape index (κ1) is 14.9. The van der Waals surface area contributed by atoms with Gasteiger partial charge in [0.05, 0.1) is 4.90 Å². The van der Waals surface area contributed by atoms with Gasteiger partial charge >= 0.3 is 0 Å². The van der Waals surface area contributed by atoms with E-state index < -0.39 is 10.0 Å². The Morgan fingerprint density at radius 3 is 2.85 bits per heavy atom. The van der Waals surface area contributed by atoms with Crippen molar-refractivity contribution in [2.24, 2.45) is 0 Å². The van der Waals surface area contributed by atoms with E-state index >= 15 is 0 Å². The maximum atomic E-state index is 12.3. The van der Waals surface area contributed by atoms with E-state index in [4.69, 9.17) is 11.6 Å². The lowest BCUT2D eigenvalue weighted by molar-refractivity contribution is 0.600. The smallest absolute Gasteiger partial charge is 0.263 e. The number of benzene rings is 1. The number of hydrogen-bond acceptors (Lipinski definition) is 3. The molecule has 1 heterocycles. The summed E-state index contributed by atoms with van der Waals surface area (Å²) in [4.78, 5) is 0.157. The van der Waals surface area contributed by atoms with Crippen molar-refractivity contribution in [1.82, 2.24) is 10.2 Å². The van der Waals surface area contributed by atoms with Gasteiger partial charge in [-0.05, 0) is 31.0 Å². The first-order chi connectivity index (χ1) is 9.44. The second-order valence-electron chi connectivity index (χ2n) is 4.50. The minimum Gasteiger partial charge on any atom is -0.280 e. The summed E-state index contributed by atoms with van der Waals surface area (Å²) in [6, 6.07) is 6.48. The van der Waals surface area contributed by atoms with Crippen LogP contribution < -0.4 is 4.72 Å². The molecule has 0 aliphatic heterocycles. The van der Waals surface area contributed by atoms with Crippen molar-refractivity contribution in [1.29, 1.82) is 0 Å². The molecule has 5 nitrogen and oxygen atoms in total. The maximum Gasteiger partial charge on any atom is 0.263 e. The molecule has 108 valence electrons. The highest BCUT2D eigenvalue weighted by atomic mass is 35.5. The van der Waals surface area contributed by atoms with Gasteiger partial charge < -0.3 is 0 Å². The molecule has 1 aromatic carbocycles. The third-order valence-corrected chi connectivity index (χ3v) is 4.81. The van der Waals surface area contributed by atoms with Crippen LogP contribution in [0.4, 0.5) is 5.82 Å². The molecule has 0 aliphatic rings. The minimum absolute atomic E-state index is 0.157. The molecular formula is C13H16ClN3O2S. The van der Waals surface area contributed by atoms with Crippen LogP contribution in [0.2, 0.25) is 5.02 Å². The molecule has 7 heteroatoms. The van der Waals surface area contributed by atoms with Crippen molar-refractivity contribution in [3.8, 4) is 0 Å². The summed E-state index contributed by atoms with van der Waals surface area (Å²) in [5.41, 5.74) is 1.42. The second kappa shape index (κ2) is 5.85. The Balaban J connectivity index is 2.28. The first-order valence-electron chi connectivity index (χ1n) is 6.26. The van der Waals surface area contributed by atoms with E-state index in [0.29, 0.717) is 10.6 Å². The third-order valence-electron chi connectivity index (χ3n) is 2.90. The number of hydrogen-bond donors (Lipinski definition) is 2. The van der Waals surface area contributed by atoms with Gasteiger partial charge in [0.1, 0.15) is 0 Å². The predicted octanol–water partition coefficient (Wildman–Crippen LogP) is 3.12. The lowest BCUT2D eigenvalue weighted by atomic mass is 10.2. The highest BCUT2D eigenvalue weighted by Gasteiger charge is 2.19. The molecule has 0 saturated carbocycles. The number of aromatic nitrogens is 2. The van der Waals surface area contributed by atoms with Crippen molar-refractivity contribution < 1.29 is 8.42 Å². The number of rotatable bonds is 5. The summed E-state index contributed by atoms with van der Waals surface area (Å²) in [5.74, 6) is 0.285. The summed E-state index contributed by atoms with van der Waals surface area (Å²) in [6.07, 6.45) is 1.78. The standard InChI is InChI=1S/C13H16ClN3O2S/c1-3-5-10-8-13(16-15-10)17-20(18,19)12-7-4-6-11(14)9(12)2/h4,6-8H,3,5H2,1-2H3,(H2,15,16,17). The molecule has 0 unspecified atom stereocenters. The zero-order chi connectivity index (χ0) is 14.8. The van der Waals surface area contributed by atoms with Gasteiger partial charge in [0.15, 0.2) is 5.82 Å². The average molecular weight is 314 g/mol. The van der Waals surface area contributed by atoms with E-state index in [1.807, 2.05) is 6.92 Å². The van der Waals surface area contributed by atoms with Crippen molar-refractivity contribution in [3.63, 3.8) is 0 Å². The van der Waals surface area contributed by atoms with Crippen LogP contribution in [0.15, 0.2) is 29.2 Å². The second-order valence-corrected chi connectivity index (χ2v) is 6.55. The predicted molar refractivity (Wildman–Crippen MR) is 79.6 cm³/mol. The summed E-state index contributed by atoms with van der Waals surface area (Å²) >= 11 is 5.95. The molecule has 0 aliphatic carbocycles. The molecule has 2 aromatic rings. The Bertz CT molecular complexity index is 710. The summed E-state index contributed by atoms with van der Waals surface area (Å²) < 4.78 is 27.1. The molecule has 0 saturated heterocycles. The monoisotopic (exact) mass is 313 g/mol. The highest BCUT2D eigenvalue weighted by Crippen LogP contribution is 2.24. The van der Waals surface area contributed by atoms with Crippen LogP contribution >= 0.6 is 11.6 Å². The lowest BCUT2D eigenvalue weighted by Gasteiger charge is -2.09. The third kappa shape index (κ3) is 3.13. The normalized spacial score (nSPS) is 11.6. The van der Waals surface area contributed by atoms with E-state index in [1.54, 1.807) is 25.1 Å². The maximum absolute atomic E-state index is 12.3. The van der Waals surface area contributed by atoms with Crippen molar-refractivity contribution in [2.75, 3.05) is 4.72 Å². The van der Waals surface area contributed by atoms with Crippen LogP contribution in [0.25, 0.3) is 0 Å². The van der Waals surface area contributed by atoms with Crippen molar-refractivity contribution in [3.05, 3.63) is 40.5 Å². The molecule has 2 N–H and O–H groups in total. The fraction of sp³-hybridized carbons (Fsp3) is 0.308. The molecule has 2 rings (SSSR count). The Kier molecular flexibility index (Phi) is 4.35. The summed E-state index contributed by atoms with van der Waals surface area (Å²) in [6.45, 7) is 3.71. The number of aryl methyl sites for hydroxylation is 1. The molecule has 0 amide bonds. The quantitative estimate of drug-likeness (QED) is 0.890. The van der Waals surface area contributed by atoms with E-state index in [1.165, 1.54) is 6.07 Å². The minimum atomic E-state index is -3.69. The zero-order valence-corrected chi connectivity index (χ0v) is 12.8. The van der Waals surface area contributed by atoms with Crippen molar-refractivity contribution in [2.45, 2.75) is 31.6 Å². The van der Waals surface area contributed by atoms with Gasteiger partial charge in [-0.1, -0.05) is 31.0 Å². The van der Waals surface area contributed by atoms with Crippen LogP contribution in [0.1, 0.15) is 24.6 Å². The van der Waals surface area contributed by atoms with Gasteiger partial charge in [0.25, 0.3) is 10.0 Å². The van der Waals surface area contributed by atoms with Gasteiger partial charge in [-0.15, -0.1) is 0 Å². The number of nitrogens with one attached hydrogen (secondary N) is 2. The average Bonchev–Trinajstić information content (AvgIpc) is 2.79. The largest absolute Gasteiger partial charge is 0.280 e. The van der Waals surface area contributed by atoms with Crippen LogP contribution in [-0.2, 0) is 16.4 Å². The van der Waals surface area contributed by atoms with E-state index in [2.05, 4.69) is 14.9 Å². The zero-order valence-electron chi connectivity index (χ0n) is 11.3. The molecule has 0 fully saturated rings. The molecule has 0 bridgehead atoms. The number of H-pyrrole nitrogens is 1. The van der Waals surface area contributed by atoms with Crippen LogP contribution in [0, 0.1) is 6.92 Å². The van der Waals surface area contributed by atoms with Crippen molar-refractivity contribution >= 4 is 27.4 Å². The molecule has 1 aromatic heterocycles. The Morgan fingerprint density at radius 2 is 2.15 bits per heavy atom. The van der Waals surface area contributed by atoms with Crippen LogP contribution in [0.5, 0.6) is 0 Å². The summed E-state index contributed by atoms with van der Waals surface area (Å²) in [5, 5.41) is 7.17. The highest BCUT2D eigenvalue weighted by molar-refractivity contribution is 7.92. The van der Waals surface area contributed by atoms with Crippen LogP contribution in [0.3, 0.4) is 0 Å². The molecular weight excluding hydrogens is 298 g/mol.